The first-order valence-corrected chi connectivity index (χ1v) is 7.49. The lowest BCUT2D eigenvalue weighted by Crippen LogP contribution is -2.04. The third kappa shape index (κ3) is 3.60. The zero-order chi connectivity index (χ0) is 18.0. The van der Waals surface area contributed by atoms with E-state index in [1.54, 1.807) is 12.1 Å². The molecule has 7 heteroatoms. The van der Waals surface area contributed by atoms with Crippen LogP contribution < -0.4 is 14.2 Å². The molecule has 2 aromatic rings. The van der Waals surface area contributed by atoms with Gasteiger partial charge in [0.05, 0.1) is 16.6 Å². The lowest BCUT2D eigenvalue weighted by atomic mass is 10.1. The second-order valence-corrected chi connectivity index (χ2v) is 5.52. The molecular formula is C18H15NO6. The van der Waals surface area contributed by atoms with Crippen molar-refractivity contribution >= 4 is 17.7 Å². The lowest BCUT2D eigenvalue weighted by molar-refractivity contribution is -0.385. The van der Waals surface area contributed by atoms with Crippen LogP contribution >= 0.6 is 0 Å². The molecule has 0 bridgehead atoms. The Morgan fingerprint density at radius 3 is 2.56 bits per heavy atom. The van der Waals surface area contributed by atoms with Crippen LogP contribution in [0.5, 0.6) is 17.2 Å². The van der Waals surface area contributed by atoms with Crippen LogP contribution in [0, 0.1) is 24.0 Å². The first-order chi connectivity index (χ1) is 11.9. The molecule has 25 heavy (non-hydrogen) atoms. The molecule has 0 N–H and O–H groups in total. The summed E-state index contributed by atoms with van der Waals surface area (Å²) in [5.41, 5.74) is 2.14. The molecule has 1 aliphatic heterocycles. The van der Waals surface area contributed by atoms with Crippen LogP contribution in [0.1, 0.15) is 16.7 Å². The maximum absolute atomic E-state index is 12.0. The first-order valence-electron chi connectivity index (χ1n) is 7.49. The predicted molar refractivity (Wildman–Crippen MR) is 89.8 cm³/mol. The molecule has 0 radical (unpaired) electrons. The van der Waals surface area contributed by atoms with Gasteiger partial charge in [0.25, 0.3) is 5.69 Å². The van der Waals surface area contributed by atoms with Crippen molar-refractivity contribution in [1.29, 1.82) is 0 Å². The minimum Gasteiger partial charge on any atom is -0.454 e. The molecule has 0 spiro atoms. The van der Waals surface area contributed by atoms with Crippen LogP contribution in [-0.4, -0.2) is 17.7 Å². The molecule has 3 rings (SSSR count). The van der Waals surface area contributed by atoms with E-state index < -0.39 is 10.9 Å². The number of benzene rings is 2. The summed E-state index contributed by atoms with van der Waals surface area (Å²) < 4.78 is 15.5. The number of aryl methyl sites for hydroxylation is 2. The molecule has 0 aliphatic carbocycles. The molecule has 0 atom stereocenters. The van der Waals surface area contributed by atoms with Gasteiger partial charge in [-0.25, -0.2) is 4.79 Å². The minimum atomic E-state index is -0.629. The van der Waals surface area contributed by atoms with Crippen molar-refractivity contribution in [3.63, 3.8) is 0 Å². The van der Waals surface area contributed by atoms with Crippen molar-refractivity contribution in [2.45, 2.75) is 13.8 Å². The number of rotatable bonds is 4. The van der Waals surface area contributed by atoms with Crippen LogP contribution in [0.3, 0.4) is 0 Å². The van der Waals surface area contributed by atoms with Crippen LogP contribution in [-0.2, 0) is 4.79 Å². The van der Waals surface area contributed by atoms with Gasteiger partial charge >= 0.3 is 5.97 Å². The summed E-state index contributed by atoms with van der Waals surface area (Å²) in [5.74, 6) is 0.488. The summed E-state index contributed by atoms with van der Waals surface area (Å²) in [6, 6.07) is 8.03. The third-order valence-corrected chi connectivity index (χ3v) is 3.81. The fraction of sp³-hybridized carbons (Fsp3) is 0.167. The monoisotopic (exact) mass is 341 g/mol. The zero-order valence-corrected chi connectivity index (χ0v) is 13.6. The van der Waals surface area contributed by atoms with E-state index in [4.69, 9.17) is 14.2 Å². The van der Waals surface area contributed by atoms with Gasteiger partial charge in [-0.05, 0) is 49.2 Å². The lowest BCUT2D eigenvalue weighted by Gasteiger charge is -2.05. The highest BCUT2D eigenvalue weighted by molar-refractivity contribution is 5.89. The van der Waals surface area contributed by atoms with E-state index >= 15 is 0 Å². The second-order valence-electron chi connectivity index (χ2n) is 5.52. The quantitative estimate of drug-likeness (QED) is 0.278. The Hall–Kier alpha value is -3.35. The maximum Gasteiger partial charge on any atom is 0.336 e. The van der Waals surface area contributed by atoms with Crippen LogP contribution in [0.25, 0.3) is 6.08 Å². The summed E-state index contributed by atoms with van der Waals surface area (Å²) in [6.07, 6.45) is 2.46. The summed E-state index contributed by atoms with van der Waals surface area (Å²) in [6.45, 7) is 3.88. The highest BCUT2D eigenvalue weighted by Gasteiger charge is 2.22. The number of nitro benzene ring substituents is 1. The fourth-order valence-electron chi connectivity index (χ4n) is 2.32. The molecule has 0 fully saturated rings. The second kappa shape index (κ2) is 6.64. The molecule has 128 valence electrons. The summed E-state index contributed by atoms with van der Waals surface area (Å²) in [5, 5.41) is 11.2. The Kier molecular flexibility index (Phi) is 4.38. The normalized spacial score (nSPS) is 12.4. The zero-order valence-electron chi connectivity index (χ0n) is 13.6. The van der Waals surface area contributed by atoms with E-state index in [1.165, 1.54) is 18.2 Å². The Balaban J connectivity index is 1.80. The number of nitrogens with zero attached hydrogens (tertiary/aromatic N) is 1. The highest BCUT2D eigenvalue weighted by Crippen LogP contribution is 2.38. The van der Waals surface area contributed by atoms with Gasteiger partial charge in [0, 0.05) is 6.08 Å². The van der Waals surface area contributed by atoms with E-state index in [-0.39, 0.29) is 18.0 Å². The SMILES string of the molecule is Cc1ccc(OC(=O)/C=C/c2cc3c(cc2[N+](=O)[O-])OCO3)cc1C. The average Bonchev–Trinajstić information content (AvgIpc) is 3.02. The van der Waals surface area contributed by atoms with E-state index in [1.807, 2.05) is 19.9 Å². The van der Waals surface area contributed by atoms with Gasteiger partial charge < -0.3 is 14.2 Å². The fourth-order valence-corrected chi connectivity index (χ4v) is 2.32. The number of fused-ring (bicyclic) bond motifs is 1. The average molecular weight is 341 g/mol. The van der Waals surface area contributed by atoms with Crippen molar-refractivity contribution in [1.82, 2.24) is 0 Å². The minimum absolute atomic E-state index is 0.00840. The van der Waals surface area contributed by atoms with Crippen molar-refractivity contribution < 1.29 is 23.9 Å². The smallest absolute Gasteiger partial charge is 0.336 e. The molecule has 0 amide bonds. The Bertz CT molecular complexity index is 887. The Labute approximate surface area is 143 Å². The number of hydrogen-bond acceptors (Lipinski definition) is 6. The van der Waals surface area contributed by atoms with Gasteiger partial charge in [0.2, 0.25) is 6.79 Å². The van der Waals surface area contributed by atoms with Crippen molar-refractivity contribution in [2.24, 2.45) is 0 Å². The Morgan fingerprint density at radius 1 is 1.16 bits per heavy atom. The Morgan fingerprint density at radius 2 is 1.88 bits per heavy atom. The van der Waals surface area contributed by atoms with Crippen molar-refractivity contribution in [3.05, 3.63) is 63.2 Å². The number of esters is 1. The molecular weight excluding hydrogens is 326 g/mol. The van der Waals surface area contributed by atoms with E-state index in [0.717, 1.165) is 17.2 Å². The molecule has 0 aromatic heterocycles. The van der Waals surface area contributed by atoms with E-state index in [2.05, 4.69) is 0 Å². The number of carbonyl (C=O) groups excluding carboxylic acids is 1. The van der Waals surface area contributed by atoms with E-state index in [0.29, 0.717) is 17.2 Å². The molecule has 2 aromatic carbocycles. The van der Waals surface area contributed by atoms with Crippen molar-refractivity contribution in [3.8, 4) is 17.2 Å². The van der Waals surface area contributed by atoms with Gasteiger partial charge in [0.1, 0.15) is 5.75 Å². The van der Waals surface area contributed by atoms with E-state index in [9.17, 15) is 14.9 Å². The van der Waals surface area contributed by atoms with Gasteiger partial charge in [0.15, 0.2) is 11.5 Å². The van der Waals surface area contributed by atoms with Crippen LogP contribution in [0.4, 0.5) is 5.69 Å². The largest absolute Gasteiger partial charge is 0.454 e. The molecule has 0 saturated heterocycles. The number of carbonyl (C=O) groups is 1. The van der Waals surface area contributed by atoms with Crippen molar-refractivity contribution in [2.75, 3.05) is 6.79 Å². The number of nitro groups is 1. The van der Waals surface area contributed by atoms with Crippen LogP contribution in [0.15, 0.2) is 36.4 Å². The molecule has 7 nitrogen and oxygen atoms in total. The standard InChI is InChI=1S/C18H15NO6/c1-11-3-5-14(7-12(11)2)25-18(20)6-4-13-8-16-17(24-10-23-16)9-15(13)19(21)22/h3-9H,10H2,1-2H3/b6-4+. The number of ether oxygens (including phenoxy) is 3. The summed E-state index contributed by atoms with van der Waals surface area (Å²) >= 11 is 0. The number of hydrogen-bond donors (Lipinski definition) is 0. The maximum atomic E-state index is 12.0. The summed E-state index contributed by atoms with van der Waals surface area (Å²) in [4.78, 5) is 22.6. The van der Waals surface area contributed by atoms with Gasteiger partial charge in [-0.15, -0.1) is 0 Å². The topological polar surface area (TPSA) is 87.9 Å². The molecule has 1 aliphatic rings. The molecule has 0 unspecified atom stereocenters. The summed E-state index contributed by atoms with van der Waals surface area (Å²) in [7, 11) is 0. The highest BCUT2D eigenvalue weighted by atomic mass is 16.7. The first kappa shape index (κ1) is 16.5. The van der Waals surface area contributed by atoms with Gasteiger partial charge in [-0.1, -0.05) is 6.07 Å². The molecule has 1 heterocycles. The van der Waals surface area contributed by atoms with Gasteiger partial charge in [-0.3, -0.25) is 10.1 Å². The van der Waals surface area contributed by atoms with Crippen LogP contribution in [0.2, 0.25) is 0 Å². The molecule has 0 saturated carbocycles. The van der Waals surface area contributed by atoms with Gasteiger partial charge in [-0.2, -0.15) is 0 Å². The predicted octanol–water partition coefficient (Wildman–Crippen LogP) is 3.56. The third-order valence-electron chi connectivity index (χ3n) is 3.81.